The zero-order valence-electron chi connectivity index (χ0n) is 20.0. The molecular formula is C26H22F8N2O3. The first-order valence-corrected chi connectivity index (χ1v) is 11.3. The number of hydrogen-bond acceptors (Lipinski definition) is 3. The molecule has 2 amide bonds. The molecule has 1 atom stereocenters. The van der Waals surface area contributed by atoms with Gasteiger partial charge in [-0.15, -0.1) is 0 Å². The number of carbonyl (C=O) groups excluding carboxylic acids is 1. The number of nitrogens with one attached hydrogen (secondary N) is 2. The number of alkyl halides is 6. The normalized spacial score (nSPS) is 13.5. The molecule has 0 spiro atoms. The maximum Gasteiger partial charge on any atom is 0.416 e. The number of urea groups is 1. The maximum absolute atomic E-state index is 14.6. The first-order valence-electron chi connectivity index (χ1n) is 11.3. The zero-order chi connectivity index (χ0) is 28.8. The van der Waals surface area contributed by atoms with E-state index >= 15 is 0 Å². The smallest absolute Gasteiger partial charge is 0.416 e. The molecule has 3 N–H and O–H groups in total. The molecule has 13 heteroatoms. The van der Waals surface area contributed by atoms with E-state index in [0.29, 0.717) is 17.7 Å². The SMILES string of the molecule is O=C(NCC(F)(F)F)NC(Cc1ccccc1)(c1cc(F)cc(C(F)(F)F)c1)c1ccc(F)c(OCCO)c1. The van der Waals surface area contributed by atoms with Gasteiger partial charge in [0.25, 0.3) is 0 Å². The van der Waals surface area contributed by atoms with Gasteiger partial charge in [-0.1, -0.05) is 36.4 Å². The molecule has 0 aromatic heterocycles. The highest BCUT2D eigenvalue weighted by Gasteiger charge is 2.41. The van der Waals surface area contributed by atoms with Gasteiger partial charge in [-0.05, 0) is 47.0 Å². The number of aliphatic hydroxyl groups excluding tert-OH is 1. The third kappa shape index (κ3) is 7.82. The Morgan fingerprint density at radius 3 is 2.13 bits per heavy atom. The van der Waals surface area contributed by atoms with Crippen LogP contribution in [0.4, 0.5) is 39.9 Å². The number of amides is 2. The Kier molecular flexibility index (Phi) is 9.05. The molecule has 0 saturated heterocycles. The average Bonchev–Trinajstić information content (AvgIpc) is 2.86. The number of rotatable bonds is 9. The molecule has 0 radical (unpaired) electrons. The third-order valence-corrected chi connectivity index (χ3v) is 5.58. The molecule has 3 aromatic rings. The van der Waals surface area contributed by atoms with Crippen molar-refractivity contribution in [1.29, 1.82) is 0 Å². The van der Waals surface area contributed by atoms with Crippen molar-refractivity contribution in [1.82, 2.24) is 10.6 Å². The highest BCUT2D eigenvalue weighted by Crippen LogP contribution is 2.39. The number of ether oxygens (including phenoxy) is 1. The van der Waals surface area contributed by atoms with Crippen LogP contribution in [0.3, 0.4) is 0 Å². The van der Waals surface area contributed by atoms with Crippen molar-refractivity contribution in [2.75, 3.05) is 19.8 Å². The molecule has 1 unspecified atom stereocenters. The van der Waals surface area contributed by atoms with Crippen LogP contribution in [-0.2, 0) is 18.1 Å². The van der Waals surface area contributed by atoms with Crippen LogP contribution in [0, 0.1) is 11.6 Å². The van der Waals surface area contributed by atoms with Crippen LogP contribution in [-0.4, -0.2) is 37.1 Å². The van der Waals surface area contributed by atoms with Crippen LogP contribution in [0.15, 0.2) is 66.7 Å². The van der Waals surface area contributed by atoms with Gasteiger partial charge >= 0.3 is 18.4 Å². The van der Waals surface area contributed by atoms with Crippen LogP contribution < -0.4 is 15.4 Å². The van der Waals surface area contributed by atoms with E-state index in [4.69, 9.17) is 9.84 Å². The molecule has 39 heavy (non-hydrogen) atoms. The Balaban J connectivity index is 2.30. The lowest BCUT2D eigenvalue weighted by atomic mass is 9.77. The second-order valence-corrected chi connectivity index (χ2v) is 8.43. The van der Waals surface area contributed by atoms with Gasteiger partial charge in [0.1, 0.15) is 19.0 Å². The van der Waals surface area contributed by atoms with Gasteiger partial charge in [-0.3, -0.25) is 0 Å². The summed E-state index contributed by atoms with van der Waals surface area (Å²) in [7, 11) is 0. The van der Waals surface area contributed by atoms with Gasteiger partial charge in [0, 0.05) is 6.42 Å². The van der Waals surface area contributed by atoms with Crippen LogP contribution in [0.1, 0.15) is 22.3 Å². The van der Waals surface area contributed by atoms with Crippen LogP contribution in [0.5, 0.6) is 5.75 Å². The van der Waals surface area contributed by atoms with Crippen molar-refractivity contribution in [3.05, 3.63) is 101 Å². The minimum absolute atomic E-state index is 0.137. The lowest BCUT2D eigenvalue weighted by molar-refractivity contribution is -0.137. The van der Waals surface area contributed by atoms with E-state index in [9.17, 15) is 39.9 Å². The summed E-state index contributed by atoms with van der Waals surface area (Å²) >= 11 is 0. The highest BCUT2D eigenvalue weighted by molar-refractivity contribution is 5.76. The number of halogens is 8. The summed E-state index contributed by atoms with van der Waals surface area (Å²) in [4.78, 5) is 12.8. The van der Waals surface area contributed by atoms with E-state index < -0.39 is 65.6 Å². The van der Waals surface area contributed by atoms with Gasteiger partial charge in [0.2, 0.25) is 0 Å². The lowest BCUT2D eigenvalue weighted by Gasteiger charge is -2.37. The fourth-order valence-corrected chi connectivity index (χ4v) is 3.91. The summed E-state index contributed by atoms with van der Waals surface area (Å²) < 4.78 is 114. The molecule has 0 aliphatic carbocycles. The fraction of sp³-hybridized carbons (Fsp3) is 0.269. The molecule has 210 valence electrons. The van der Waals surface area contributed by atoms with Gasteiger partial charge < -0.3 is 20.5 Å². The fourth-order valence-electron chi connectivity index (χ4n) is 3.91. The largest absolute Gasteiger partial charge is 0.488 e. The van der Waals surface area contributed by atoms with Gasteiger partial charge in [-0.2, -0.15) is 26.3 Å². The summed E-state index contributed by atoms with van der Waals surface area (Å²) in [5, 5.41) is 12.9. The second kappa shape index (κ2) is 11.9. The van der Waals surface area contributed by atoms with Crippen molar-refractivity contribution >= 4 is 6.03 Å². The molecule has 0 fully saturated rings. The van der Waals surface area contributed by atoms with E-state index in [0.717, 1.165) is 18.2 Å². The number of benzene rings is 3. The standard InChI is InChI=1S/C26H22F8N2O3/c27-20-11-18(10-19(12-20)26(32,33)34)24(14-16-4-2-1-3-5-16,36-23(38)35-15-25(29,30)31)17-6-7-21(28)22(13-17)39-9-8-37/h1-7,10-13,37H,8-9,14-15H2,(H2,35,36,38). The van der Waals surface area contributed by atoms with Gasteiger partial charge in [-0.25, -0.2) is 13.6 Å². The minimum Gasteiger partial charge on any atom is -0.488 e. The van der Waals surface area contributed by atoms with Crippen LogP contribution in [0.2, 0.25) is 0 Å². The summed E-state index contributed by atoms with van der Waals surface area (Å²) in [6, 6.07) is 10.8. The third-order valence-electron chi connectivity index (χ3n) is 5.58. The minimum atomic E-state index is -5.02. The Bertz CT molecular complexity index is 1280. The van der Waals surface area contributed by atoms with Crippen LogP contribution in [0.25, 0.3) is 0 Å². The Labute approximate surface area is 217 Å². The molecule has 0 aliphatic rings. The first-order chi connectivity index (χ1) is 18.2. The predicted octanol–water partition coefficient (Wildman–Crippen LogP) is 5.70. The summed E-state index contributed by atoms with van der Waals surface area (Å²) in [6.07, 6.45) is -10.2. The van der Waals surface area contributed by atoms with E-state index in [1.807, 2.05) is 0 Å². The maximum atomic E-state index is 14.6. The average molecular weight is 562 g/mol. The summed E-state index contributed by atoms with van der Waals surface area (Å²) in [5.74, 6) is -2.74. The van der Waals surface area contributed by atoms with E-state index in [1.54, 1.807) is 23.5 Å². The van der Waals surface area contributed by atoms with Gasteiger partial charge in [0.05, 0.1) is 17.7 Å². The molecule has 0 aliphatic heterocycles. The Hall–Kier alpha value is -3.87. The molecule has 3 aromatic carbocycles. The summed E-state index contributed by atoms with van der Waals surface area (Å²) in [5.41, 5.74) is -3.83. The molecule has 0 saturated carbocycles. The number of aliphatic hydroxyl groups is 1. The molecule has 3 rings (SSSR count). The quantitative estimate of drug-likeness (QED) is 0.293. The first kappa shape index (κ1) is 29.7. The van der Waals surface area contributed by atoms with E-state index in [-0.39, 0.29) is 24.7 Å². The summed E-state index contributed by atoms with van der Waals surface area (Å²) in [6.45, 7) is -2.66. The Morgan fingerprint density at radius 2 is 1.51 bits per heavy atom. The molecule has 5 nitrogen and oxygen atoms in total. The highest BCUT2D eigenvalue weighted by atomic mass is 19.4. The van der Waals surface area contributed by atoms with Crippen molar-refractivity contribution in [3.63, 3.8) is 0 Å². The van der Waals surface area contributed by atoms with Crippen LogP contribution >= 0.6 is 0 Å². The number of hydrogen-bond donors (Lipinski definition) is 3. The Morgan fingerprint density at radius 1 is 0.846 bits per heavy atom. The van der Waals surface area contributed by atoms with Gasteiger partial charge in [0.15, 0.2) is 11.6 Å². The van der Waals surface area contributed by atoms with Crippen molar-refractivity contribution in [2.45, 2.75) is 24.3 Å². The second-order valence-electron chi connectivity index (χ2n) is 8.43. The lowest BCUT2D eigenvalue weighted by Crippen LogP contribution is -2.53. The van der Waals surface area contributed by atoms with Crippen molar-refractivity contribution in [3.8, 4) is 5.75 Å². The van der Waals surface area contributed by atoms with Crippen molar-refractivity contribution in [2.24, 2.45) is 0 Å². The number of carbonyl (C=O) groups is 1. The zero-order valence-corrected chi connectivity index (χ0v) is 20.0. The predicted molar refractivity (Wildman–Crippen MR) is 124 cm³/mol. The monoisotopic (exact) mass is 562 g/mol. The molecule has 0 heterocycles. The molecule has 0 bridgehead atoms. The van der Waals surface area contributed by atoms with E-state index in [2.05, 4.69) is 5.32 Å². The molecular weight excluding hydrogens is 540 g/mol. The van der Waals surface area contributed by atoms with Crippen molar-refractivity contribution < 1.29 is 49.8 Å². The topological polar surface area (TPSA) is 70.6 Å². The van der Waals surface area contributed by atoms with E-state index in [1.165, 1.54) is 12.1 Å².